The quantitative estimate of drug-likeness (QED) is 0.287. The molecule has 174 valence electrons. The summed E-state index contributed by atoms with van der Waals surface area (Å²) in [7, 11) is 0. The van der Waals surface area contributed by atoms with Crippen LogP contribution in [0.2, 0.25) is 0 Å². The van der Waals surface area contributed by atoms with Gasteiger partial charge in [0.2, 0.25) is 0 Å². The highest BCUT2D eigenvalue weighted by molar-refractivity contribution is 6.08. The van der Waals surface area contributed by atoms with Gasteiger partial charge in [-0.1, -0.05) is 59.3 Å². The molecule has 35 heavy (non-hydrogen) atoms. The van der Waals surface area contributed by atoms with E-state index in [0.717, 1.165) is 16.9 Å². The number of carbonyl (C=O) groups is 2. The van der Waals surface area contributed by atoms with Crippen molar-refractivity contribution in [2.75, 3.05) is 11.4 Å². The topological polar surface area (TPSA) is 63.9 Å². The number of hydrogen-bond donors (Lipinski definition) is 0. The van der Waals surface area contributed by atoms with Crippen molar-refractivity contribution in [2.45, 2.75) is 13.5 Å². The van der Waals surface area contributed by atoms with Crippen LogP contribution in [-0.4, -0.2) is 28.7 Å². The predicted octanol–water partition coefficient (Wildman–Crippen LogP) is 5.33. The van der Waals surface area contributed by atoms with Gasteiger partial charge in [0.1, 0.15) is 5.71 Å². The molecule has 6 nitrogen and oxygen atoms in total. The number of rotatable bonds is 6. The van der Waals surface area contributed by atoms with Gasteiger partial charge in [-0.05, 0) is 55.5 Å². The molecule has 1 aromatic heterocycles. The molecule has 0 spiro atoms. The Labute approximate surface area is 204 Å². The van der Waals surface area contributed by atoms with Gasteiger partial charge in [0.05, 0.1) is 11.3 Å². The third-order valence-electron chi connectivity index (χ3n) is 6.15. The van der Waals surface area contributed by atoms with E-state index in [0.29, 0.717) is 29.9 Å². The summed E-state index contributed by atoms with van der Waals surface area (Å²) in [6.45, 7) is 3.04. The molecule has 0 radical (unpaired) electrons. The highest BCUT2D eigenvalue weighted by Crippen LogP contribution is 2.27. The van der Waals surface area contributed by atoms with Gasteiger partial charge in [-0.3, -0.25) is 4.79 Å². The summed E-state index contributed by atoms with van der Waals surface area (Å²) >= 11 is 0. The molecule has 0 saturated heterocycles. The first-order valence-electron chi connectivity index (χ1n) is 11.5. The largest absolute Gasteiger partial charge is 0.365 e. The average Bonchev–Trinajstić information content (AvgIpc) is 3.48. The molecule has 1 aliphatic heterocycles. The van der Waals surface area contributed by atoms with Crippen molar-refractivity contribution in [3.63, 3.8) is 0 Å². The third-order valence-corrected chi connectivity index (χ3v) is 6.15. The predicted molar refractivity (Wildman–Crippen MR) is 136 cm³/mol. The minimum absolute atomic E-state index is 0.0911. The van der Waals surface area contributed by atoms with Gasteiger partial charge in [-0.25, -0.2) is 4.79 Å². The van der Waals surface area contributed by atoms with Crippen LogP contribution in [-0.2, 0) is 11.4 Å². The number of amides is 1. The Morgan fingerprint density at radius 2 is 1.54 bits per heavy atom. The molecule has 6 heteroatoms. The molecule has 2 heterocycles. The molecule has 1 atom stereocenters. The number of hydrogen-bond acceptors (Lipinski definition) is 4. The van der Waals surface area contributed by atoms with E-state index in [1.807, 2.05) is 85.9 Å². The normalized spacial score (nSPS) is 15.6. The van der Waals surface area contributed by atoms with Gasteiger partial charge in [0.25, 0.3) is 5.91 Å². The summed E-state index contributed by atoms with van der Waals surface area (Å²) in [5, 5.41) is 4.30. The maximum absolute atomic E-state index is 13.6. The Hall–Kier alpha value is -4.45. The molecule has 0 unspecified atom stereocenters. The van der Waals surface area contributed by atoms with Crippen LogP contribution in [0.3, 0.4) is 0 Å². The summed E-state index contributed by atoms with van der Waals surface area (Å²) in [6, 6.07) is 29.8. The Morgan fingerprint density at radius 3 is 2.23 bits per heavy atom. The standard InChI is InChI=1S/C29H25N3O3/c1-21-14-16-25(17-15-21)32(28(33)22-9-4-2-5-10-22)20-24-19-31-18-8-13-26(31)27(24)30-35-29(34)23-11-6-3-7-12-23/h2-18,24H,19-20H2,1H3/b30-27+/t24-/m1/s1. The minimum atomic E-state index is -0.516. The second-order valence-corrected chi connectivity index (χ2v) is 8.58. The van der Waals surface area contributed by atoms with Gasteiger partial charge < -0.3 is 14.3 Å². The average molecular weight is 464 g/mol. The van der Waals surface area contributed by atoms with Crippen molar-refractivity contribution in [1.29, 1.82) is 0 Å². The van der Waals surface area contributed by atoms with Crippen molar-refractivity contribution in [3.8, 4) is 0 Å². The van der Waals surface area contributed by atoms with Crippen LogP contribution in [0.15, 0.2) is 108 Å². The molecule has 0 saturated carbocycles. The van der Waals surface area contributed by atoms with Crippen molar-refractivity contribution in [2.24, 2.45) is 11.1 Å². The Balaban J connectivity index is 1.45. The number of benzene rings is 3. The summed E-state index contributed by atoms with van der Waals surface area (Å²) in [5.41, 5.74) is 4.50. The van der Waals surface area contributed by atoms with Crippen LogP contribution in [0.5, 0.6) is 0 Å². The first kappa shape index (κ1) is 22.3. The second-order valence-electron chi connectivity index (χ2n) is 8.58. The molecule has 1 aliphatic rings. The van der Waals surface area contributed by atoms with E-state index in [2.05, 4.69) is 9.72 Å². The lowest BCUT2D eigenvalue weighted by Crippen LogP contribution is -2.37. The monoisotopic (exact) mass is 463 g/mol. The first-order chi connectivity index (χ1) is 17.1. The summed E-state index contributed by atoms with van der Waals surface area (Å²) in [5.74, 6) is -0.756. The molecular formula is C29H25N3O3. The minimum Gasteiger partial charge on any atom is -0.346 e. The Bertz CT molecular complexity index is 1360. The van der Waals surface area contributed by atoms with Crippen molar-refractivity contribution >= 4 is 23.3 Å². The lowest BCUT2D eigenvalue weighted by Gasteiger charge is -2.26. The maximum Gasteiger partial charge on any atom is 0.365 e. The van der Waals surface area contributed by atoms with Crippen LogP contribution >= 0.6 is 0 Å². The van der Waals surface area contributed by atoms with Crippen molar-refractivity contribution in [1.82, 2.24) is 4.57 Å². The molecule has 1 amide bonds. The zero-order valence-electron chi connectivity index (χ0n) is 19.4. The van der Waals surface area contributed by atoms with E-state index < -0.39 is 5.97 Å². The van der Waals surface area contributed by atoms with Crippen molar-refractivity contribution in [3.05, 3.63) is 126 Å². The number of anilines is 1. The number of nitrogens with zero attached hydrogens (tertiary/aromatic N) is 3. The fourth-order valence-corrected chi connectivity index (χ4v) is 4.31. The van der Waals surface area contributed by atoms with Crippen LogP contribution in [0.25, 0.3) is 0 Å². The van der Waals surface area contributed by atoms with Gasteiger partial charge in [-0.2, -0.15) is 0 Å². The first-order valence-corrected chi connectivity index (χ1v) is 11.5. The Morgan fingerprint density at radius 1 is 0.886 bits per heavy atom. The van der Waals surface area contributed by atoms with Gasteiger partial charge in [-0.15, -0.1) is 0 Å². The van der Waals surface area contributed by atoms with Crippen LogP contribution in [0.1, 0.15) is 32.0 Å². The molecule has 3 aromatic carbocycles. The highest BCUT2D eigenvalue weighted by Gasteiger charge is 2.33. The fourth-order valence-electron chi connectivity index (χ4n) is 4.31. The van der Waals surface area contributed by atoms with Gasteiger partial charge in [0.15, 0.2) is 0 Å². The summed E-state index contributed by atoms with van der Waals surface area (Å²) in [6.07, 6.45) is 1.97. The van der Waals surface area contributed by atoms with Gasteiger partial charge in [0, 0.05) is 36.5 Å². The van der Waals surface area contributed by atoms with E-state index in [1.165, 1.54) is 0 Å². The van der Waals surface area contributed by atoms with Crippen LogP contribution in [0, 0.1) is 12.8 Å². The summed E-state index contributed by atoms with van der Waals surface area (Å²) < 4.78 is 2.07. The van der Waals surface area contributed by atoms with E-state index in [1.54, 1.807) is 29.2 Å². The third kappa shape index (κ3) is 4.77. The smallest absolute Gasteiger partial charge is 0.346 e. The highest BCUT2D eigenvalue weighted by atomic mass is 16.7. The zero-order valence-corrected chi connectivity index (χ0v) is 19.4. The van der Waals surface area contributed by atoms with E-state index in [4.69, 9.17) is 4.84 Å². The Kier molecular flexibility index (Phi) is 6.26. The van der Waals surface area contributed by atoms with Gasteiger partial charge >= 0.3 is 5.97 Å². The number of aromatic nitrogens is 1. The molecule has 0 N–H and O–H groups in total. The lowest BCUT2D eigenvalue weighted by atomic mass is 10.0. The van der Waals surface area contributed by atoms with Crippen LogP contribution in [0.4, 0.5) is 5.69 Å². The van der Waals surface area contributed by atoms with Crippen LogP contribution < -0.4 is 4.90 Å². The summed E-state index contributed by atoms with van der Waals surface area (Å²) in [4.78, 5) is 33.2. The number of aryl methyl sites for hydroxylation is 1. The molecule has 4 aromatic rings. The molecule has 0 aliphatic carbocycles. The molecule has 0 fully saturated rings. The molecular weight excluding hydrogens is 438 g/mol. The van der Waals surface area contributed by atoms with E-state index in [9.17, 15) is 9.59 Å². The number of carbonyl (C=O) groups excluding carboxylic acids is 2. The molecule has 0 bridgehead atoms. The zero-order chi connectivity index (χ0) is 24.2. The molecule has 5 rings (SSSR count). The second kappa shape index (κ2) is 9.81. The SMILES string of the molecule is Cc1ccc(N(C[C@H]2Cn3cccc3/C2=N/OC(=O)c2ccccc2)C(=O)c2ccccc2)cc1. The fraction of sp³-hybridized carbons (Fsp3) is 0.138. The van der Waals surface area contributed by atoms with E-state index in [-0.39, 0.29) is 11.8 Å². The lowest BCUT2D eigenvalue weighted by molar-refractivity contribution is 0.0514. The van der Waals surface area contributed by atoms with E-state index >= 15 is 0 Å². The maximum atomic E-state index is 13.6. The van der Waals surface area contributed by atoms with Crippen molar-refractivity contribution < 1.29 is 14.4 Å². The number of oxime groups is 1. The number of fused-ring (bicyclic) bond motifs is 1.